The number of carbonyl (C=O) groups is 1. The topological polar surface area (TPSA) is 88.2 Å². The molecule has 37 heavy (non-hydrogen) atoms. The lowest BCUT2D eigenvalue weighted by Gasteiger charge is -2.11. The van der Waals surface area contributed by atoms with Crippen molar-refractivity contribution in [3.8, 4) is 11.3 Å². The van der Waals surface area contributed by atoms with Crippen LogP contribution in [0.2, 0.25) is 0 Å². The lowest BCUT2D eigenvalue weighted by molar-refractivity contribution is 0.102. The fraction of sp³-hybridized carbons (Fsp3) is 0.0667. The van der Waals surface area contributed by atoms with E-state index in [1.54, 1.807) is 18.2 Å². The number of hydrogen-bond donors (Lipinski definition) is 2. The molecule has 0 fully saturated rings. The molecule has 1 aromatic heterocycles. The highest BCUT2D eigenvalue weighted by atomic mass is 32.2. The van der Waals surface area contributed by atoms with Crippen molar-refractivity contribution < 1.29 is 13.2 Å². The van der Waals surface area contributed by atoms with Crippen molar-refractivity contribution in [1.82, 2.24) is 9.71 Å². The summed E-state index contributed by atoms with van der Waals surface area (Å²) >= 11 is 0. The van der Waals surface area contributed by atoms with Crippen LogP contribution in [0.15, 0.2) is 120 Å². The van der Waals surface area contributed by atoms with Gasteiger partial charge in [-0.25, -0.2) is 18.1 Å². The van der Waals surface area contributed by atoms with E-state index in [1.807, 2.05) is 84.9 Å². The number of sulfonamides is 1. The molecule has 0 aliphatic rings. The van der Waals surface area contributed by atoms with Gasteiger partial charge >= 0.3 is 0 Å². The van der Waals surface area contributed by atoms with Crippen LogP contribution in [-0.4, -0.2) is 25.9 Å². The lowest BCUT2D eigenvalue weighted by Crippen LogP contribution is -2.26. The van der Waals surface area contributed by atoms with E-state index in [0.29, 0.717) is 29.9 Å². The molecule has 0 bridgehead atoms. The quantitative estimate of drug-likeness (QED) is 0.283. The van der Waals surface area contributed by atoms with Gasteiger partial charge in [-0.3, -0.25) is 4.79 Å². The van der Waals surface area contributed by atoms with E-state index >= 15 is 0 Å². The average molecular weight is 508 g/mol. The molecule has 0 unspecified atom stereocenters. The Morgan fingerprint density at radius 2 is 1.41 bits per heavy atom. The molecule has 1 amide bonds. The maximum Gasteiger partial charge on any atom is 0.256 e. The number of anilines is 1. The molecule has 0 aliphatic heterocycles. The van der Waals surface area contributed by atoms with E-state index in [4.69, 9.17) is 4.98 Å². The third kappa shape index (κ3) is 5.74. The third-order valence-corrected chi connectivity index (χ3v) is 7.48. The number of amides is 1. The Labute approximate surface area is 216 Å². The summed E-state index contributed by atoms with van der Waals surface area (Å²) in [6.45, 7) is 0.295. The van der Waals surface area contributed by atoms with Gasteiger partial charge in [0.25, 0.3) is 5.91 Å². The predicted molar refractivity (Wildman–Crippen MR) is 147 cm³/mol. The Bertz CT molecular complexity index is 1640. The van der Waals surface area contributed by atoms with Crippen LogP contribution in [0.25, 0.3) is 22.2 Å². The van der Waals surface area contributed by atoms with E-state index in [2.05, 4.69) is 10.0 Å². The first-order valence-electron chi connectivity index (χ1n) is 11.9. The molecule has 0 saturated heterocycles. The molecule has 0 atom stereocenters. The van der Waals surface area contributed by atoms with E-state index in [-0.39, 0.29) is 10.8 Å². The van der Waals surface area contributed by atoms with Gasteiger partial charge in [-0.2, -0.15) is 0 Å². The minimum absolute atomic E-state index is 0.138. The normalized spacial score (nSPS) is 11.4. The second kappa shape index (κ2) is 10.7. The summed E-state index contributed by atoms with van der Waals surface area (Å²) in [5, 5.41) is 3.63. The molecule has 184 valence electrons. The van der Waals surface area contributed by atoms with Crippen molar-refractivity contribution in [2.24, 2.45) is 0 Å². The molecular weight excluding hydrogens is 482 g/mol. The zero-order chi connectivity index (χ0) is 25.7. The van der Waals surface area contributed by atoms with Gasteiger partial charge in [0.15, 0.2) is 0 Å². The zero-order valence-corrected chi connectivity index (χ0v) is 20.8. The lowest BCUT2D eigenvalue weighted by atomic mass is 10.0. The minimum atomic E-state index is -3.66. The number of hydrogen-bond acceptors (Lipinski definition) is 4. The van der Waals surface area contributed by atoms with Crippen LogP contribution in [0.5, 0.6) is 0 Å². The molecule has 0 aliphatic carbocycles. The van der Waals surface area contributed by atoms with Gasteiger partial charge in [0.05, 0.1) is 21.7 Å². The van der Waals surface area contributed by atoms with E-state index in [9.17, 15) is 13.2 Å². The van der Waals surface area contributed by atoms with Gasteiger partial charge in [0.1, 0.15) is 0 Å². The number of nitrogens with zero attached hydrogens (tertiary/aromatic N) is 1. The minimum Gasteiger partial charge on any atom is -0.322 e. The predicted octanol–water partition coefficient (Wildman–Crippen LogP) is 5.68. The smallest absolute Gasteiger partial charge is 0.256 e. The number of carbonyl (C=O) groups excluding carboxylic acids is 1. The standard InChI is InChI=1S/C30H25N3O3S/c34-30(27-21-29(23-11-5-2-6-12-23)33-28-14-8-7-13-26(27)28)32-24-15-17-25(18-16-24)37(35,36)31-20-19-22-9-3-1-4-10-22/h1-18,21,31H,19-20H2,(H,32,34). The van der Waals surface area contributed by atoms with E-state index < -0.39 is 10.0 Å². The molecule has 2 N–H and O–H groups in total. The Balaban J connectivity index is 1.32. The Morgan fingerprint density at radius 1 is 0.757 bits per heavy atom. The number of rotatable bonds is 8. The number of aromatic nitrogens is 1. The van der Waals surface area contributed by atoms with Gasteiger partial charge in [-0.05, 0) is 48.4 Å². The summed E-state index contributed by atoms with van der Waals surface area (Å²) in [4.78, 5) is 18.2. The van der Waals surface area contributed by atoms with Gasteiger partial charge in [0, 0.05) is 23.2 Å². The summed E-state index contributed by atoms with van der Waals surface area (Å²) in [5.74, 6) is -0.299. The van der Waals surface area contributed by atoms with Crippen LogP contribution < -0.4 is 10.0 Å². The molecule has 6 nitrogen and oxygen atoms in total. The molecule has 5 rings (SSSR count). The second-order valence-corrected chi connectivity index (χ2v) is 10.3. The number of pyridine rings is 1. The second-order valence-electron chi connectivity index (χ2n) is 8.55. The summed E-state index contributed by atoms with van der Waals surface area (Å²) in [6.07, 6.45) is 0.596. The van der Waals surface area contributed by atoms with Crippen LogP contribution in [0, 0.1) is 0 Å². The fourth-order valence-corrected chi connectivity index (χ4v) is 5.13. The van der Waals surface area contributed by atoms with Gasteiger partial charge in [-0.1, -0.05) is 78.9 Å². The summed E-state index contributed by atoms with van der Waals surface area (Å²) in [6, 6.07) is 34.8. The SMILES string of the molecule is O=C(Nc1ccc(S(=O)(=O)NCCc2ccccc2)cc1)c1cc(-c2ccccc2)nc2ccccc12. The first-order valence-corrected chi connectivity index (χ1v) is 13.4. The third-order valence-electron chi connectivity index (χ3n) is 6.00. The van der Waals surface area contributed by atoms with Crippen LogP contribution in [-0.2, 0) is 16.4 Å². The molecule has 1 heterocycles. The fourth-order valence-electron chi connectivity index (χ4n) is 4.09. The van der Waals surface area contributed by atoms with Crippen LogP contribution in [0.4, 0.5) is 5.69 Å². The van der Waals surface area contributed by atoms with Crippen LogP contribution >= 0.6 is 0 Å². The van der Waals surface area contributed by atoms with Crippen molar-refractivity contribution in [2.75, 3.05) is 11.9 Å². The van der Waals surface area contributed by atoms with Gasteiger partial charge in [0.2, 0.25) is 10.0 Å². The molecule has 0 radical (unpaired) electrons. The summed E-state index contributed by atoms with van der Waals surface area (Å²) < 4.78 is 28.0. The Kier molecular flexibility index (Phi) is 7.07. The van der Waals surface area contributed by atoms with Crippen LogP contribution in [0.1, 0.15) is 15.9 Å². The molecule has 4 aromatic carbocycles. The van der Waals surface area contributed by atoms with Crippen molar-refractivity contribution in [1.29, 1.82) is 0 Å². The first kappa shape index (κ1) is 24.4. The van der Waals surface area contributed by atoms with E-state index in [0.717, 1.165) is 22.0 Å². The molecule has 7 heteroatoms. The number of para-hydroxylation sites is 1. The monoisotopic (exact) mass is 507 g/mol. The Hall–Kier alpha value is -4.33. The largest absolute Gasteiger partial charge is 0.322 e. The molecule has 0 saturated carbocycles. The zero-order valence-electron chi connectivity index (χ0n) is 20.0. The molecular formula is C30H25N3O3S. The van der Waals surface area contributed by atoms with E-state index in [1.165, 1.54) is 12.1 Å². The molecule has 0 spiro atoms. The number of nitrogens with one attached hydrogen (secondary N) is 2. The van der Waals surface area contributed by atoms with Crippen molar-refractivity contribution in [3.05, 3.63) is 126 Å². The van der Waals surface area contributed by atoms with Crippen molar-refractivity contribution >= 4 is 32.5 Å². The first-order chi connectivity index (χ1) is 18.0. The van der Waals surface area contributed by atoms with Gasteiger partial charge in [-0.15, -0.1) is 0 Å². The average Bonchev–Trinajstić information content (AvgIpc) is 2.93. The maximum atomic E-state index is 13.3. The van der Waals surface area contributed by atoms with Gasteiger partial charge < -0.3 is 5.32 Å². The highest BCUT2D eigenvalue weighted by Crippen LogP contribution is 2.26. The Morgan fingerprint density at radius 3 is 2.14 bits per heavy atom. The maximum absolute atomic E-state index is 13.3. The highest BCUT2D eigenvalue weighted by Gasteiger charge is 2.16. The van der Waals surface area contributed by atoms with Crippen molar-refractivity contribution in [3.63, 3.8) is 0 Å². The molecule has 5 aromatic rings. The summed E-state index contributed by atoms with van der Waals surface area (Å²) in [7, 11) is -3.66. The van der Waals surface area contributed by atoms with Crippen molar-refractivity contribution in [2.45, 2.75) is 11.3 Å². The highest BCUT2D eigenvalue weighted by molar-refractivity contribution is 7.89. The summed E-state index contributed by atoms with van der Waals surface area (Å²) in [5.41, 5.74) is 4.38. The van der Waals surface area contributed by atoms with Crippen LogP contribution in [0.3, 0.4) is 0 Å². The number of fused-ring (bicyclic) bond motifs is 1. The number of benzene rings is 4.